The Kier molecular flexibility index (Phi) is 7.55. The molecule has 0 radical (unpaired) electrons. The van der Waals surface area contributed by atoms with Gasteiger partial charge in [-0.15, -0.1) is 6.42 Å². The van der Waals surface area contributed by atoms with Crippen molar-refractivity contribution >= 4 is 27.0 Å². The van der Waals surface area contributed by atoms with Gasteiger partial charge in [-0.2, -0.15) is 4.31 Å². The van der Waals surface area contributed by atoms with Gasteiger partial charge in [0.1, 0.15) is 5.82 Å². The van der Waals surface area contributed by atoms with E-state index in [2.05, 4.69) is 10.9 Å². The number of fused-ring (bicyclic) bond motifs is 1. The Bertz CT molecular complexity index is 1350. The first-order chi connectivity index (χ1) is 16.8. The van der Waals surface area contributed by atoms with Crippen LogP contribution in [-0.4, -0.2) is 65.9 Å². The first-order valence-corrected chi connectivity index (χ1v) is 13.0. The summed E-state index contributed by atoms with van der Waals surface area (Å²) in [6.45, 7) is 4.17. The van der Waals surface area contributed by atoms with E-state index in [0.29, 0.717) is 50.6 Å². The van der Waals surface area contributed by atoms with Crippen molar-refractivity contribution in [1.82, 2.24) is 18.8 Å². The lowest BCUT2D eigenvalue weighted by atomic mass is 10.1. The van der Waals surface area contributed by atoms with Gasteiger partial charge in [-0.3, -0.25) is 4.79 Å². The van der Waals surface area contributed by atoms with Crippen molar-refractivity contribution in [3.05, 3.63) is 59.4 Å². The molecule has 0 N–H and O–H groups in total. The van der Waals surface area contributed by atoms with Gasteiger partial charge in [0, 0.05) is 39.5 Å². The average Bonchev–Trinajstić information content (AvgIpc) is 3.18. The zero-order valence-electron chi connectivity index (χ0n) is 20.1. The van der Waals surface area contributed by atoms with Crippen molar-refractivity contribution in [2.45, 2.75) is 31.2 Å². The van der Waals surface area contributed by atoms with E-state index in [0.717, 1.165) is 16.6 Å². The Balaban J connectivity index is 1.48. The second-order valence-electron chi connectivity index (χ2n) is 8.69. The molecule has 4 rings (SSSR count). The van der Waals surface area contributed by atoms with E-state index in [1.807, 2.05) is 42.8 Å². The van der Waals surface area contributed by atoms with Gasteiger partial charge in [0.15, 0.2) is 0 Å². The number of ether oxygens (including phenoxy) is 1. The number of terminal acetylenes is 1. The lowest BCUT2D eigenvalue weighted by Crippen LogP contribution is -2.40. The van der Waals surface area contributed by atoms with Gasteiger partial charge in [-0.1, -0.05) is 35.7 Å². The highest BCUT2D eigenvalue weighted by atomic mass is 32.2. The van der Waals surface area contributed by atoms with Gasteiger partial charge in [0.05, 0.1) is 35.7 Å². The molecule has 1 saturated heterocycles. The number of benzene rings is 2. The molecule has 1 aromatic heterocycles. The van der Waals surface area contributed by atoms with E-state index in [4.69, 9.17) is 11.2 Å². The van der Waals surface area contributed by atoms with E-state index in [1.54, 1.807) is 23.1 Å². The molecule has 2 heterocycles. The number of carbonyl (C=O) groups excluding carboxylic acids is 1. The maximum absolute atomic E-state index is 13.0. The molecule has 0 bridgehead atoms. The molecule has 0 atom stereocenters. The fourth-order valence-electron chi connectivity index (χ4n) is 4.18. The second kappa shape index (κ2) is 10.6. The Morgan fingerprint density at radius 3 is 2.57 bits per heavy atom. The summed E-state index contributed by atoms with van der Waals surface area (Å²) in [5, 5.41) is 0. The molecule has 0 unspecified atom stereocenters. The Hall–Kier alpha value is -3.19. The van der Waals surface area contributed by atoms with E-state index in [9.17, 15) is 13.2 Å². The van der Waals surface area contributed by atoms with Crippen LogP contribution in [0.4, 0.5) is 0 Å². The van der Waals surface area contributed by atoms with Gasteiger partial charge in [-0.25, -0.2) is 13.4 Å². The minimum Gasteiger partial charge on any atom is -0.379 e. The Morgan fingerprint density at radius 2 is 1.89 bits per heavy atom. The van der Waals surface area contributed by atoms with E-state index in [-0.39, 0.29) is 23.8 Å². The second-order valence-corrected chi connectivity index (χ2v) is 10.6. The molecule has 184 valence electrons. The van der Waals surface area contributed by atoms with E-state index >= 15 is 0 Å². The number of carbonyl (C=O) groups is 1. The third kappa shape index (κ3) is 5.56. The zero-order valence-corrected chi connectivity index (χ0v) is 20.9. The molecule has 1 fully saturated rings. The molecule has 2 aromatic carbocycles. The predicted octanol–water partition coefficient (Wildman–Crippen LogP) is 2.50. The minimum atomic E-state index is -3.61. The van der Waals surface area contributed by atoms with Crippen LogP contribution in [0, 0.1) is 19.3 Å². The number of morpholine rings is 1. The fourth-order valence-corrected chi connectivity index (χ4v) is 5.61. The van der Waals surface area contributed by atoms with Crippen LogP contribution in [0.2, 0.25) is 0 Å². The first kappa shape index (κ1) is 24.9. The predicted molar refractivity (Wildman–Crippen MR) is 134 cm³/mol. The van der Waals surface area contributed by atoms with Crippen LogP contribution in [0.25, 0.3) is 11.0 Å². The largest absolute Gasteiger partial charge is 0.379 e. The van der Waals surface area contributed by atoms with Gasteiger partial charge in [0.2, 0.25) is 15.9 Å². The van der Waals surface area contributed by atoms with Crippen LogP contribution >= 0.6 is 0 Å². The Morgan fingerprint density at radius 1 is 1.17 bits per heavy atom. The summed E-state index contributed by atoms with van der Waals surface area (Å²) in [5.41, 5.74) is 3.58. The highest BCUT2D eigenvalue weighted by molar-refractivity contribution is 7.89. The van der Waals surface area contributed by atoms with Gasteiger partial charge in [-0.05, 0) is 30.7 Å². The van der Waals surface area contributed by atoms with Crippen molar-refractivity contribution in [3.63, 3.8) is 0 Å². The average molecular weight is 495 g/mol. The van der Waals surface area contributed by atoms with Crippen molar-refractivity contribution in [1.29, 1.82) is 0 Å². The zero-order chi connectivity index (χ0) is 25.0. The maximum Gasteiger partial charge on any atom is 0.243 e. The molecule has 0 spiro atoms. The molecule has 3 aromatic rings. The molecule has 8 nitrogen and oxygen atoms in total. The number of aromatic nitrogens is 2. The van der Waals surface area contributed by atoms with Gasteiger partial charge in [0.25, 0.3) is 0 Å². The summed E-state index contributed by atoms with van der Waals surface area (Å²) in [5.74, 6) is 3.24. The number of sulfonamides is 1. The fraction of sp³-hybridized carbons (Fsp3) is 0.385. The number of amides is 1. The summed E-state index contributed by atoms with van der Waals surface area (Å²) in [6, 6.07) is 13.0. The number of nitrogens with zero attached hydrogens (tertiary/aromatic N) is 4. The molecular weight excluding hydrogens is 464 g/mol. The number of hydrogen-bond donors (Lipinski definition) is 0. The van der Waals surface area contributed by atoms with Crippen LogP contribution in [0.3, 0.4) is 0 Å². The third-order valence-electron chi connectivity index (χ3n) is 6.24. The number of hydrogen-bond acceptors (Lipinski definition) is 5. The molecule has 1 aliphatic heterocycles. The highest BCUT2D eigenvalue weighted by Gasteiger charge is 2.27. The number of aryl methyl sites for hydroxylation is 3. The summed E-state index contributed by atoms with van der Waals surface area (Å²) in [6.07, 6.45) is 6.19. The third-order valence-corrected chi connectivity index (χ3v) is 8.14. The van der Waals surface area contributed by atoms with E-state index in [1.165, 1.54) is 4.31 Å². The van der Waals surface area contributed by atoms with Crippen molar-refractivity contribution < 1.29 is 17.9 Å². The number of imidazole rings is 1. The topological polar surface area (TPSA) is 84.7 Å². The monoisotopic (exact) mass is 494 g/mol. The lowest BCUT2D eigenvalue weighted by molar-refractivity contribution is -0.131. The van der Waals surface area contributed by atoms with Crippen LogP contribution in [0.15, 0.2) is 47.4 Å². The summed E-state index contributed by atoms with van der Waals surface area (Å²) >= 11 is 0. The van der Waals surface area contributed by atoms with Crippen molar-refractivity contribution in [2.24, 2.45) is 7.05 Å². The number of rotatable bonds is 8. The van der Waals surface area contributed by atoms with E-state index < -0.39 is 10.0 Å². The summed E-state index contributed by atoms with van der Waals surface area (Å²) < 4.78 is 34.6. The van der Waals surface area contributed by atoms with Crippen LogP contribution in [0.1, 0.15) is 23.4 Å². The molecule has 1 aliphatic rings. The molecule has 0 aliphatic carbocycles. The molecule has 35 heavy (non-hydrogen) atoms. The smallest absolute Gasteiger partial charge is 0.243 e. The van der Waals surface area contributed by atoms with Crippen LogP contribution in [0.5, 0.6) is 0 Å². The van der Waals surface area contributed by atoms with Gasteiger partial charge < -0.3 is 14.2 Å². The first-order valence-electron chi connectivity index (χ1n) is 11.6. The van der Waals surface area contributed by atoms with Crippen molar-refractivity contribution in [2.75, 3.05) is 32.8 Å². The summed E-state index contributed by atoms with van der Waals surface area (Å²) in [4.78, 5) is 19.5. The highest BCUT2D eigenvalue weighted by Crippen LogP contribution is 2.23. The lowest BCUT2D eigenvalue weighted by Gasteiger charge is -2.26. The Labute approximate surface area is 206 Å². The minimum absolute atomic E-state index is 0.0498. The quantitative estimate of drug-likeness (QED) is 0.449. The standard InChI is InChI=1S/C26H30N4O4S/c1-4-13-29(19-21-7-5-20(2)6-8-21)26(31)12-11-25-27-23-18-22(9-10-24(23)28(25)3)35(32,33)30-14-16-34-17-15-30/h1,5-10,18H,11-17,19H2,2-3H3. The van der Waals surface area contributed by atoms with Crippen LogP contribution < -0.4 is 0 Å². The SMILES string of the molecule is C#CCN(Cc1ccc(C)cc1)C(=O)CCc1nc2cc(S(=O)(=O)N3CCOCC3)ccc2n1C. The maximum atomic E-state index is 13.0. The van der Waals surface area contributed by atoms with Crippen molar-refractivity contribution in [3.8, 4) is 12.3 Å². The van der Waals surface area contributed by atoms with Crippen LogP contribution in [-0.2, 0) is 39.6 Å². The molecule has 1 amide bonds. The summed E-state index contributed by atoms with van der Waals surface area (Å²) in [7, 11) is -1.74. The molecule has 9 heteroatoms. The van der Waals surface area contributed by atoms with Gasteiger partial charge >= 0.3 is 0 Å². The molecular formula is C26H30N4O4S. The normalized spacial score (nSPS) is 14.7. The molecule has 0 saturated carbocycles.